The molecule has 0 saturated heterocycles. The van der Waals surface area contributed by atoms with E-state index in [0.717, 1.165) is 28.2 Å². The van der Waals surface area contributed by atoms with Crippen molar-refractivity contribution in [2.75, 3.05) is 11.9 Å². The number of para-hydroxylation sites is 1. The summed E-state index contributed by atoms with van der Waals surface area (Å²) in [5.41, 5.74) is 1.88. The fourth-order valence-corrected chi connectivity index (χ4v) is 2.08. The molecular formula is C15H15N3O. The Labute approximate surface area is 111 Å². The second-order valence-electron chi connectivity index (χ2n) is 4.62. The van der Waals surface area contributed by atoms with E-state index in [-0.39, 0.29) is 0 Å². The molecule has 19 heavy (non-hydrogen) atoms. The van der Waals surface area contributed by atoms with Gasteiger partial charge in [-0.05, 0) is 19.1 Å². The van der Waals surface area contributed by atoms with Gasteiger partial charge in [0.15, 0.2) is 0 Å². The van der Waals surface area contributed by atoms with E-state index in [4.69, 9.17) is 4.42 Å². The van der Waals surface area contributed by atoms with Crippen LogP contribution in [0.5, 0.6) is 0 Å². The number of hydrogen-bond acceptors (Lipinski definition) is 4. The average Bonchev–Trinajstić information content (AvgIpc) is 2.80. The lowest BCUT2D eigenvalue weighted by Gasteiger charge is -2.16. The van der Waals surface area contributed by atoms with Gasteiger partial charge in [0.25, 0.3) is 0 Å². The summed E-state index contributed by atoms with van der Waals surface area (Å²) in [6.07, 6.45) is 1.58. The molecule has 0 fully saturated rings. The number of benzene rings is 1. The van der Waals surface area contributed by atoms with Crippen molar-refractivity contribution < 1.29 is 4.42 Å². The van der Waals surface area contributed by atoms with Crippen LogP contribution in [0.4, 0.5) is 5.82 Å². The molecule has 0 bridgehead atoms. The van der Waals surface area contributed by atoms with Crippen LogP contribution in [0.3, 0.4) is 0 Å². The first-order valence-electron chi connectivity index (χ1n) is 6.19. The minimum Gasteiger partial charge on any atom is -0.459 e. The lowest BCUT2D eigenvalue weighted by atomic mass is 10.2. The van der Waals surface area contributed by atoms with Gasteiger partial charge in [0.2, 0.25) is 0 Å². The van der Waals surface area contributed by atoms with Crippen molar-refractivity contribution >= 4 is 16.8 Å². The maximum absolute atomic E-state index is 5.81. The number of fused-ring (bicyclic) bond motifs is 1. The molecule has 0 atom stereocenters. The zero-order valence-corrected chi connectivity index (χ0v) is 11.0. The molecule has 0 aliphatic carbocycles. The second-order valence-corrected chi connectivity index (χ2v) is 4.62. The fraction of sp³-hybridized carbons (Fsp3) is 0.200. The largest absolute Gasteiger partial charge is 0.459 e. The van der Waals surface area contributed by atoms with Gasteiger partial charge in [0.1, 0.15) is 23.5 Å². The predicted molar refractivity (Wildman–Crippen MR) is 75.1 cm³/mol. The average molecular weight is 253 g/mol. The summed E-state index contributed by atoms with van der Waals surface area (Å²) >= 11 is 0. The Balaban J connectivity index is 1.84. The molecule has 3 aromatic rings. The van der Waals surface area contributed by atoms with Gasteiger partial charge in [0, 0.05) is 24.2 Å². The number of hydrogen-bond donors (Lipinski definition) is 0. The smallest absolute Gasteiger partial charge is 0.134 e. The summed E-state index contributed by atoms with van der Waals surface area (Å²) < 4.78 is 5.81. The molecular weight excluding hydrogens is 238 g/mol. The summed E-state index contributed by atoms with van der Waals surface area (Å²) in [6, 6.07) is 12.1. The van der Waals surface area contributed by atoms with Crippen molar-refractivity contribution in [2.45, 2.75) is 13.5 Å². The van der Waals surface area contributed by atoms with Crippen LogP contribution in [-0.4, -0.2) is 17.0 Å². The van der Waals surface area contributed by atoms with E-state index >= 15 is 0 Å². The quantitative estimate of drug-likeness (QED) is 0.719. The van der Waals surface area contributed by atoms with Crippen LogP contribution in [0.25, 0.3) is 11.0 Å². The van der Waals surface area contributed by atoms with Crippen molar-refractivity contribution in [2.24, 2.45) is 0 Å². The molecule has 96 valence electrons. The molecule has 4 heteroatoms. The minimum absolute atomic E-state index is 0.686. The molecule has 4 nitrogen and oxygen atoms in total. The molecule has 0 radical (unpaired) electrons. The van der Waals surface area contributed by atoms with Gasteiger partial charge < -0.3 is 9.32 Å². The number of aryl methyl sites for hydroxylation is 1. The van der Waals surface area contributed by atoms with Crippen molar-refractivity contribution in [1.82, 2.24) is 9.97 Å². The van der Waals surface area contributed by atoms with Crippen molar-refractivity contribution in [3.63, 3.8) is 0 Å². The summed E-state index contributed by atoms with van der Waals surface area (Å²) in [5.74, 6) is 1.83. The van der Waals surface area contributed by atoms with Crippen molar-refractivity contribution in [3.05, 3.63) is 54.2 Å². The van der Waals surface area contributed by atoms with E-state index in [1.54, 1.807) is 6.33 Å². The van der Waals surface area contributed by atoms with Gasteiger partial charge in [-0.2, -0.15) is 0 Å². The maximum atomic E-state index is 5.81. The fourth-order valence-electron chi connectivity index (χ4n) is 2.08. The second kappa shape index (κ2) is 4.72. The van der Waals surface area contributed by atoms with Crippen LogP contribution in [0.15, 0.2) is 47.1 Å². The molecule has 3 rings (SSSR count). The molecule has 0 N–H and O–H groups in total. The van der Waals surface area contributed by atoms with E-state index in [1.807, 2.05) is 43.1 Å². The highest BCUT2D eigenvalue weighted by atomic mass is 16.3. The van der Waals surface area contributed by atoms with Crippen molar-refractivity contribution in [1.29, 1.82) is 0 Å². The molecule has 0 unspecified atom stereocenters. The Hall–Kier alpha value is -2.36. The molecule has 0 aliphatic heterocycles. The van der Waals surface area contributed by atoms with Crippen LogP contribution in [0, 0.1) is 6.92 Å². The van der Waals surface area contributed by atoms with Crippen LogP contribution in [-0.2, 0) is 6.54 Å². The van der Waals surface area contributed by atoms with Crippen molar-refractivity contribution in [3.8, 4) is 0 Å². The molecule has 0 amide bonds. The number of nitrogens with zero attached hydrogens (tertiary/aromatic N) is 3. The molecule has 0 aliphatic rings. The van der Waals surface area contributed by atoms with Crippen LogP contribution in [0.1, 0.15) is 11.5 Å². The first kappa shape index (κ1) is 11.7. The predicted octanol–water partition coefficient (Wildman–Crippen LogP) is 3.17. The molecule has 2 aromatic heterocycles. The zero-order chi connectivity index (χ0) is 13.2. The Bertz CT molecular complexity index is 672. The Kier molecular flexibility index (Phi) is 2.91. The van der Waals surface area contributed by atoms with Gasteiger partial charge in [-0.25, -0.2) is 9.97 Å². The third-order valence-corrected chi connectivity index (χ3v) is 3.05. The van der Waals surface area contributed by atoms with Gasteiger partial charge in [-0.15, -0.1) is 0 Å². The summed E-state index contributed by atoms with van der Waals surface area (Å²) in [7, 11) is 2.00. The highest BCUT2D eigenvalue weighted by Gasteiger charge is 2.08. The monoisotopic (exact) mass is 253 g/mol. The third-order valence-electron chi connectivity index (χ3n) is 3.05. The van der Waals surface area contributed by atoms with E-state index in [1.165, 1.54) is 0 Å². The molecule has 2 heterocycles. The van der Waals surface area contributed by atoms with Gasteiger partial charge in [-0.3, -0.25) is 0 Å². The van der Waals surface area contributed by atoms with Gasteiger partial charge in [-0.1, -0.05) is 18.2 Å². The summed E-state index contributed by atoms with van der Waals surface area (Å²) in [6.45, 7) is 2.64. The Morgan fingerprint density at radius 3 is 2.79 bits per heavy atom. The van der Waals surface area contributed by atoms with E-state index < -0.39 is 0 Å². The van der Waals surface area contributed by atoms with Crippen LogP contribution >= 0.6 is 0 Å². The number of rotatable bonds is 3. The van der Waals surface area contributed by atoms with Gasteiger partial charge in [0.05, 0.1) is 6.54 Å². The Morgan fingerprint density at radius 2 is 2.00 bits per heavy atom. The highest BCUT2D eigenvalue weighted by molar-refractivity contribution is 5.77. The summed E-state index contributed by atoms with van der Waals surface area (Å²) in [5, 5.41) is 1.13. The number of aromatic nitrogens is 2. The van der Waals surface area contributed by atoms with Gasteiger partial charge >= 0.3 is 0 Å². The zero-order valence-electron chi connectivity index (χ0n) is 11.0. The topological polar surface area (TPSA) is 42.2 Å². The third kappa shape index (κ3) is 2.42. The lowest BCUT2D eigenvalue weighted by molar-refractivity contribution is 0.545. The van der Waals surface area contributed by atoms with E-state index in [9.17, 15) is 0 Å². The van der Waals surface area contributed by atoms with Crippen LogP contribution in [0.2, 0.25) is 0 Å². The lowest BCUT2D eigenvalue weighted by Crippen LogP contribution is -2.17. The van der Waals surface area contributed by atoms with E-state index in [0.29, 0.717) is 6.54 Å². The maximum Gasteiger partial charge on any atom is 0.134 e. The SMILES string of the molecule is Cc1cc(N(C)Cc2cc3ccccc3o2)ncn1. The Morgan fingerprint density at radius 1 is 1.16 bits per heavy atom. The summed E-state index contributed by atoms with van der Waals surface area (Å²) in [4.78, 5) is 10.4. The highest BCUT2D eigenvalue weighted by Crippen LogP contribution is 2.21. The van der Waals surface area contributed by atoms with E-state index in [2.05, 4.69) is 22.1 Å². The number of anilines is 1. The molecule has 1 aromatic carbocycles. The standard InChI is InChI=1S/C15H15N3O/c1-11-7-15(17-10-16-11)18(2)9-13-8-12-5-3-4-6-14(12)19-13/h3-8,10H,9H2,1-2H3. The first-order chi connectivity index (χ1) is 9.22. The number of furan rings is 1. The normalized spacial score (nSPS) is 10.8. The first-order valence-corrected chi connectivity index (χ1v) is 6.19. The minimum atomic E-state index is 0.686. The van der Waals surface area contributed by atoms with Crippen LogP contribution < -0.4 is 4.90 Å². The molecule has 0 spiro atoms. The molecule has 0 saturated carbocycles.